The fourth-order valence-corrected chi connectivity index (χ4v) is 2.94. The highest BCUT2D eigenvalue weighted by Crippen LogP contribution is 2.32. The number of alkyl halides is 3. The minimum atomic E-state index is -4.72. The molecule has 0 atom stereocenters. The summed E-state index contributed by atoms with van der Waals surface area (Å²) in [5, 5.41) is 0. The summed E-state index contributed by atoms with van der Waals surface area (Å²) < 4.78 is 49.4. The number of nitrogens with two attached hydrogens (primary N) is 2. The zero-order valence-electron chi connectivity index (χ0n) is 17.1. The zero-order chi connectivity index (χ0) is 23.0. The molecule has 4 N–H and O–H groups in total. The standard InChI is InChI=1S/C20H25F3N4O4/c1-13(24)17(18(25)26-6-7-27-8-10-30-11-9-27)19(29)31-12-16(28)14-4-2-3-5-15(14)20(21,22)23/h2-5H,6-12,24H2,1H3,(H2,25,26). The Bertz CT molecular complexity index is 858. The van der Waals surface area contributed by atoms with Gasteiger partial charge >= 0.3 is 12.1 Å². The maximum atomic E-state index is 13.1. The summed E-state index contributed by atoms with van der Waals surface area (Å²) in [7, 11) is 0. The van der Waals surface area contributed by atoms with Crippen LogP contribution in [-0.2, 0) is 20.4 Å². The van der Waals surface area contributed by atoms with Crippen molar-refractivity contribution in [3.05, 3.63) is 46.7 Å². The Morgan fingerprint density at radius 3 is 2.45 bits per heavy atom. The number of esters is 1. The van der Waals surface area contributed by atoms with E-state index in [-0.39, 0.29) is 17.1 Å². The van der Waals surface area contributed by atoms with Crippen molar-refractivity contribution in [2.75, 3.05) is 46.0 Å². The van der Waals surface area contributed by atoms with Gasteiger partial charge < -0.3 is 20.9 Å². The first-order valence-electron chi connectivity index (χ1n) is 9.54. The van der Waals surface area contributed by atoms with E-state index in [9.17, 15) is 22.8 Å². The number of morpholine rings is 1. The molecule has 0 aliphatic carbocycles. The predicted molar refractivity (Wildman–Crippen MR) is 107 cm³/mol. The van der Waals surface area contributed by atoms with E-state index < -0.39 is 35.7 Å². The van der Waals surface area contributed by atoms with Gasteiger partial charge in [-0.1, -0.05) is 18.2 Å². The van der Waals surface area contributed by atoms with Gasteiger partial charge in [0.1, 0.15) is 11.4 Å². The van der Waals surface area contributed by atoms with Crippen molar-refractivity contribution >= 4 is 17.6 Å². The molecule has 1 aromatic carbocycles. The molecule has 11 heteroatoms. The number of halogens is 3. The number of benzene rings is 1. The number of Topliss-reactive ketones (excluding diaryl/α,β-unsaturated/α-hetero) is 1. The van der Waals surface area contributed by atoms with E-state index >= 15 is 0 Å². The predicted octanol–water partition coefficient (Wildman–Crippen LogP) is 1.35. The van der Waals surface area contributed by atoms with Gasteiger partial charge in [0.2, 0.25) is 5.78 Å². The fraction of sp³-hybridized carbons (Fsp3) is 0.450. The molecule has 1 aromatic rings. The largest absolute Gasteiger partial charge is 0.454 e. The number of amidine groups is 1. The Morgan fingerprint density at radius 2 is 1.84 bits per heavy atom. The smallest absolute Gasteiger partial charge is 0.417 e. The first kappa shape index (κ1) is 24.4. The lowest BCUT2D eigenvalue weighted by molar-refractivity contribution is -0.138. The molecular formula is C20H25F3N4O4. The van der Waals surface area contributed by atoms with Crippen LogP contribution in [0.5, 0.6) is 0 Å². The lowest BCUT2D eigenvalue weighted by Crippen LogP contribution is -2.38. The number of rotatable bonds is 8. The third-order valence-electron chi connectivity index (χ3n) is 4.52. The van der Waals surface area contributed by atoms with Crippen LogP contribution in [0, 0.1) is 0 Å². The van der Waals surface area contributed by atoms with Crippen LogP contribution < -0.4 is 11.5 Å². The molecule has 1 aliphatic rings. The number of nitrogens with zero attached hydrogens (tertiary/aromatic N) is 2. The van der Waals surface area contributed by atoms with Crippen LogP contribution >= 0.6 is 0 Å². The third kappa shape index (κ3) is 7.07. The minimum absolute atomic E-state index is 0.0146. The summed E-state index contributed by atoms with van der Waals surface area (Å²) in [4.78, 5) is 30.9. The highest BCUT2D eigenvalue weighted by molar-refractivity contribution is 6.19. The van der Waals surface area contributed by atoms with Crippen LogP contribution in [0.3, 0.4) is 0 Å². The van der Waals surface area contributed by atoms with Crippen molar-refractivity contribution in [1.29, 1.82) is 0 Å². The van der Waals surface area contributed by atoms with Gasteiger partial charge in [0.15, 0.2) is 6.61 Å². The second-order valence-corrected chi connectivity index (χ2v) is 6.82. The summed E-state index contributed by atoms with van der Waals surface area (Å²) >= 11 is 0. The molecule has 0 unspecified atom stereocenters. The number of ether oxygens (including phenoxy) is 2. The molecule has 0 radical (unpaired) electrons. The van der Waals surface area contributed by atoms with Gasteiger partial charge in [0, 0.05) is 30.9 Å². The maximum Gasteiger partial charge on any atom is 0.417 e. The number of hydrogen-bond donors (Lipinski definition) is 2. The maximum absolute atomic E-state index is 13.1. The SMILES string of the molecule is CC(N)=C(C(=O)OCC(=O)c1ccccc1C(F)(F)F)C(N)=NCCN1CCOCC1. The molecule has 1 fully saturated rings. The molecule has 0 saturated carbocycles. The molecule has 0 aromatic heterocycles. The Kier molecular flexibility index (Phi) is 8.57. The fourth-order valence-electron chi connectivity index (χ4n) is 2.94. The second-order valence-electron chi connectivity index (χ2n) is 6.82. The summed E-state index contributed by atoms with van der Waals surface area (Å²) in [6.07, 6.45) is -4.72. The Labute approximate surface area is 177 Å². The van der Waals surface area contributed by atoms with Crippen molar-refractivity contribution in [3.8, 4) is 0 Å². The number of hydrogen-bond acceptors (Lipinski definition) is 7. The highest BCUT2D eigenvalue weighted by Gasteiger charge is 2.35. The molecule has 2 rings (SSSR count). The summed E-state index contributed by atoms with van der Waals surface area (Å²) in [5.74, 6) is -2.20. The molecule has 1 saturated heterocycles. The molecule has 31 heavy (non-hydrogen) atoms. The van der Waals surface area contributed by atoms with E-state index in [1.807, 2.05) is 0 Å². The van der Waals surface area contributed by atoms with E-state index in [1.165, 1.54) is 13.0 Å². The number of aliphatic imine (C=N–C) groups is 1. The van der Waals surface area contributed by atoms with E-state index in [0.29, 0.717) is 26.3 Å². The molecule has 8 nitrogen and oxygen atoms in total. The molecular weight excluding hydrogens is 417 g/mol. The van der Waals surface area contributed by atoms with E-state index in [2.05, 4.69) is 9.89 Å². The number of carbonyl (C=O) groups excluding carboxylic acids is 2. The quantitative estimate of drug-likeness (QED) is 0.205. The van der Waals surface area contributed by atoms with Crippen LogP contribution in [0.2, 0.25) is 0 Å². The van der Waals surface area contributed by atoms with Crippen molar-refractivity contribution < 1.29 is 32.2 Å². The first-order valence-corrected chi connectivity index (χ1v) is 9.54. The molecule has 0 bridgehead atoms. The topological polar surface area (TPSA) is 120 Å². The third-order valence-corrected chi connectivity index (χ3v) is 4.52. The van der Waals surface area contributed by atoms with Crippen LogP contribution in [0.15, 0.2) is 40.5 Å². The number of carbonyl (C=O) groups is 2. The summed E-state index contributed by atoms with van der Waals surface area (Å²) in [6.45, 7) is 4.19. The lowest BCUT2D eigenvalue weighted by atomic mass is 10.0. The van der Waals surface area contributed by atoms with Crippen LogP contribution in [0.25, 0.3) is 0 Å². The Morgan fingerprint density at radius 1 is 1.19 bits per heavy atom. The van der Waals surface area contributed by atoms with E-state index in [0.717, 1.165) is 31.3 Å². The van der Waals surface area contributed by atoms with Crippen molar-refractivity contribution in [2.24, 2.45) is 16.5 Å². The van der Waals surface area contributed by atoms with E-state index in [1.54, 1.807) is 0 Å². The van der Waals surface area contributed by atoms with Crippen LogP contribution in [0.1, 0.15) is 22.8 Å². The summed E-state index contributed by atoms with van der Waals surface area (Å²) in [5.41, 5.74) is 9.67. The molecule has 0 amide bonds. The highest BCUT2D eigenvalue weighted by atomic mass is 19.4. The monoisotopic (exact) mass is 442 g/mol. The van der Waals surface area contributed by atoms with Gasteiger partial charge in [-0.05, 0) is 13.0 Å². The second kappa shape index (κ2) is 10.9. The number of ketones is 1. The van der Waals surface area contributed by atoms with Gasteiger partial charge in [0.05, 0.1) is 25.3 Å². The summed E-state index contributed by atoms with van der Waals surface area (Å²) in [6, 6.07) is 4.26. The van der Waals surface area contributed by atoms with Gasteiger partial charge in [-0.3, -0.25) is 14.7 Å². The average Bonchev–Trinajstić information content (AvgIpc) is 2.72. The lowest BCUT2D eigenvalue weighted by Gasteiger charge is -2.25. The zero-order valence-corrected chi connectivity index (χ0v) is 17.1. The molecule has 0 spiro atoms. The normalized spacial score (nSPS) is 16.6. The van der Waals surface area contributed by atoms with Crippen LogP contribution in [0.4, 0.5) is 13.2 Å². The Hall–Kier alpha value is -2.92. The van der Waals surface area contributed by atoms with Gasteiger partial charge in [-0.15, -0.1) is 0 Å². The molecule has 1 heterocycles. The molecule has 170 valence electrons. The first-order chi connectivity index (χ1) is 14.6. The molecule has 1 aliphatic heterocycles. The number of allylic oxidation sites excluding steroid dienone is 1. The van der Waals surface area contributed by atoms with Crippen LogP contribution in [-0.4, -0.2) is 68.5 Å². The Balaban J connectivity index is 2.00. The van der Waals surface area contributed by atoms with E-state index in [4.69, 9.17) is 20.9 Å². The van der Waals surface area contributed by atoms with Gasteiger partial charge in [-0.25, -0.2) is 4.79 Å². The van der Waals surface area contributed by atoms with Crippen molar-refractivity contribution in [3.63, 3.8) is 0 Å². The minimum Gasteiger partial charge on any atom is -0.454 e. The van der Waals surface area contributed by atoms with Crippen molar-refractivity contribution in [1.82, 2.24) is 4.90 Å². The van der Waals surface area contributed by atoms with Gasteiger partial charge in [-0.2, -0.15) is 13.2 Å². The van der Waals surface area contributed by atoms with Gasteiger partial charge in [0.25, 0.3) is 0 Å². The van der Waals surface area contributed by atoms with Crippen molar-refractivity contribution in [2.45, 2.75) is 13.1 Å². The average molecular weight is 442 g/mol.